The molecule has 0 spiro atoms. The first kappa shape index (κ1) is 42.4. The fourth-order valence-corrected chi connectivity index (χ4v) is 8.81. The van der Waals surface area contributed by atoms with Crippen LogP contribution in [0.15, 0.2) is 84.7 Å². The zero-order valence-electron chi connectivity index (χ0n) is 34.9. The van der Waals surface area contributed by atoms with E-state index in [4.69, 9.17) is 14.2 Å². The van der Waals surface area contributed by atoms with Gasteiger partial charge in [0.05, 0.1) is 19.8 Å². The van der Waals surface area contributed by atoms with Gasteiger partial charge in [-0.1, -0.05) is 55.7 Å². The van der Waals surface area contributed by atoms with Crippen molar-refractivity contribution < 1.29 is 39.4 Å². The molecule has 5 N–H and O–H groups in total. The van der Waals surface area contributed by atoms with Gasteiger partial charge in [-0.15, -0.1) is 0 Å². The number of aliphatic hydroxyl groups excluding tert-OH is 3. The molecule has 9 nitrogen and oxygen atoms in total. The largest absolute Gasteiger partial charge is 0.508 e. The average Bonchev–Trinajstić information content (AvgIpc) is 3.24. The number of phenolic OH excluding ortho intramolecular Hbond substituents is 1. The van der Waals surface area contributed by atoms with E-state index >= 15 is 0 Å². The molecule has 4 aromatic rings. The van der Waals surface area contributed by atoms with E-state index in [1.165, 1.54) is 5.56 Å². The average molecular weight is 812 g/mol. The van der Waals surface area contributed by atoms with E-state index in [1.54, 1.807) is 20.1 Å². The molecular weight excluding hydrogens is 755 g/mol. The summed E-state index contributed by atoms with van der Waals surface area (Å²) in [7, 11) is 1.60. The number of phenols is 1. The van der Waals surface area contributed by atoms with Crippen LogP contribution in [0.5, 0.6) is 17.2 Å². The number of unbranched alkanes of at least 4 members (excludes halogenated alkanes) is 1. The number of hydrogen-bond acceptors (Lipinski definition) is 9. The molecule has 8 rings (SSSR count). The predicted molar refractivity (Wildman–Crippen MR) is 236 cm³/mol. The second kappa shape index (κ2) is 19.6. The SMILES string of the molecule is COc1ccc2cc1OCc1c(CO)cc3c(c(O)cc4c3c1C=CC4C)CC#COC(CC1C=C(O)C=CC1CCCCc1cccc(NCC(C)O)c1)CC(=O)CC2. The smallest absolute Gasteiger partial charge is 0.161 e. The van der Waals surface area contributed by atoms with Crippen molar-refractivity contribution in [2.45, 2.75) is 103 Å². The van der Waals surface area contributed by atoms with E-state index in [1.807, 2.05) is 48.5 Å². The number of carbonyl (C=O) groups is 1. The number of Topliss-reactive ketones (excluding diaryl/α,β-unsaturated/α-hetero) is 1. The normalized spacial score (nSPS) is 20.6. The lowest BCUT2D eigenvalue weighted by atomic mass is 9.80. The molecule has 0 fully saturated rings. The number of aryl methyl sites for hydroxylation is 2. The number of anilines is 1. The number of hydrogen-bond donors (Lipinski definition) is 5. The zero-order valence-corrected chi connectivity index (χ0v) is 34.9. The van der Waals surface area contributed by atoms with Crippen molar-refractivity contribution in [3.63, 3.8) is 0 Å². The van der Waals surface area contributed by atoms with Gasteiger partial charge in [0.2, 0.25) is 0 Å². The summed E-state index contributed by atoms with van der Waals surface area (Å²) in [6.45, 7) is 4.32. The fraction of sp³-hybridized carbons (Fsp3) is 0.392. The molecule has 314 valence electrons. The molecule has 0 amide bonds. The molecule has 60 heavy (non-hydrogen) atoms. The molecular formula is C51H57NO8. The van der Waals surface area contributed by atoms with Crippen LogP contribution in [0.3, 0.4) is 0 Å². The Kier molecular flexibility index (Phi) is 13.8. The number of rotatable bonds is 12. The monoisotopic (exact) mass is 811 g/mol. The number of aliphatic hydroxyl groups is 3. The second-order valence-corrected chi connectivity index (χ2v) is 16.5. The van der Waals surface area contributed by atoms with Crippen LogP contribution in [0.1, 0.15) is 97.2 Å². The number of nitrogens with one attached hydrogen (secondary N) is 1. The summed E-state index contributed by atoms with van der Waals surface area (Å²) >= 11 is 0. The van der Waals surface area contributed by atoms with Gasteiger partial charge in [0.1, 0.15) is 36.1 Å². The van der Waals surface area contributed by atoms with Crippen LogP contribution in [0, 0.1) is 23.9 Å². The van der Waals surface area contributed by atoms with Gasteiger partial charge in [-0.3, -0.25) is 4.79 Å². The number of ether oxygens (including phenoxy) is 3. The van der Waals surface area contributed by atoms with E-state index in [9.17, 15) is 25.2 Å². The van der Waals surface area contributed by atoms with Crippen molar-refractivity contribution in [1.29, 1.82) is 0 Å². The fourth-order valence-electron chi connectivity index (χ4n) is 8.81. The van der Waals surface area contributed by atoms with Crippen LogP contribution in [0.4, 0.5) is 5.69 Å². The number of aromatic hydroxyl groups is 1. The summed E-state index contributed by atoms with van der Waals surface area (Å²) in [5, 5.41) is 47.5. The maximum atomic E-state index is 13.7. The molecule has 9 heteroatoms. The van der Waals surface area contributed by atoms with Crippen molar-refractivity contribution in [3.05, 3.63) is 124 Å². The van der Waals surface area contributed by atoms with Crippen LogP contribution in [0.25, 0.3) is 16.8 Å². The molecule has 5 atom stereocenters. The molecule has 0 saturated carbocycles. The van der Waals surface area contributed by atoms with Crippen molar-refractivity contribution in [2.24, 2.45) is 11.8 Å². The minimum Gasteiger partial charge on any atom is -0.508 e. The van der Waals surface area contributed by atoms with E-state index in [0.29, 0.717) is 48.4 Å². The van der Waals surface area contributed by atoms with Gasteiger partial charge in [-0.25, -0.2) is 0 Å². The first-order valence-electron chi connectivity index (χ1n) is 21.3. The van der Waals surface area contributed by atoms with Gasteiger partial charge in [0.25, 0.3) is 0 Å². The lowest BCUT2D eigenvalue weighted by molar-refractivity contribution is -0.121. The molecule has 0 radical (unpaired) electrons. The van der Waals surface area contributed by atoms with Gasteiger partial charge < -0.3 is 40.0 Å². The first-order valence-corrected chi connectivity index (χ1v) is 21.3. The van der Waals surface area contributed by atoms with Crippen LogP contribution >= 0.6 is 0 Å². The number of allylic oxidation sites excluding steroid dienone is 4. The highest BCUT2D eigenvalue weighted by Crippen LogP contribution is 2.43. The van der Waals surface area contributed by atoms with Crippen LogP contribution in [0.2, 0.25) is 0 Å². The molecule has 5 unspecified atom stereocenters. The van der Waals surface area contributed by atoms with Crippen molar-refractivity contribution in [1.82, 2.24) is 0 Å². The number of ketones is 1. The minimum atomic E-state index is -0.527. The van der Waals surface area contributed by atoms with Crippen molar-refractivity contribution in [2.75, 3.05) is 19.0 Å². The maximum Gasteiger partial charge on any atom is 0.161 e. The third-order valence-electron chi connectivity index (χ3n) is 12.1. The Labute approximate surface area is 353 Å². The Balaban J connectivity index is 1.14. The molecule has 2 heterocycles. The third kappa shape index (κ3) is 10.2. The minimum absolute atomic E-state index is 0.0447. The molecule has 4 aliphatic rings. The predicted octanol–water partition coefficient (Wildman–Crippen LogP) is 9.39. The number of benzene rings is 4. The molecule has 2 aliphatic carbocycles. The highest BCUT2D eigenvalue weighted by Gasteiger charge is 2.28. The Morgan fingerprint density at radius 1 is 1.00 bits per heavy atom. The van der Waals surface area contributed by atoms with Crippen molar-refractivity contribution >= 4 is 28.3 Å². The van der Waals surface area contributed by atoms with Crippen LogP contribution in [-0.2, 0) is 42.0 Å². The van der Waals surface area contributed by atoms with Crippen molar-refractivity contribution in [3.8, 4) is 29.3 Å². The summed E-state index contributed by atoms with van der Waals surface area (Å²) in [6.07, 6.45) is 17.3. The Hall–Kier alpha value is -5.69. The lowest BCUT2D eigenvalue weighted by Crippen LogP contribution is -2.24. The molecule has 4 aromatic carbocycles. The third-order valence-corrected chi connectivity index (χ3v) is 12.1. The van der Waals surface area contributed by atoms with Gasteiger partial charge >= 0.3 is 0 Å². The van der Waals surface area contributed by atoms with Gasteiger partial charge in [-0.2, -0.15) is 0 Å². The Morgan fingerprint density at radius 2 is 1.87 bits per heavy atom. The first-order chi connectivity index (χ1) is 29.1. The van der Waals surface area contributed by atoms with Gasteiger partial charge in [-0.05, 0) is 138 Å². The summed E-state index contributed by atoms with van der Waals surface area (Å²) in [5.74, 6) is 4.80. The summed E-state index contributed by atoms with van der Waals surface area (Å²) in [5.41, 5.74) is 7.29. The van der Waals surface area contributed by atoms with E-state index in [-0.39, 0.29) is 61.1 Å². The van der Waals surface area contributed by atoms with E-state index in [2.05, 4.69) is 54.6 Å². The number of fused-ring (bicyclic) bond motifs is 9. The number of methoxy groups -OCH3 is 1. The Bertz CT molecular complexity index is 2350. The number of carbonyl (C=O) groups excluding carboxylic acids is 1. The molecule has 0 aromatic heterocycles. The van der Waals surface area contributed by atoms with Crippen LogP contribution in [-0.4, -0.2) is 52.1 Å². The van der Waals surface area contributed by atoms with Gasteiger partial charge in [0, 0.05) is 48.5 Å². The van der Waals surface area contributed by atoms with E-state index < -0.39 is 12.2 Å². The topological polar surface area (TPSA) is 138 Å². The summed E-state index contributed by atoms with van der Waals surface area (Å²) in [6, 6.07) is 17.8. The Morgan fingerprint density at radius 3 is 2.68 bits per heavy atom. The quantitative estimate of drug-likeness (QED) is 0.0700. The van der Waals surface area contributed by atoms with Crippen LogP contribution < -0.4 is 14.8 Å². The lowest BCUT2D eigenvalue weighted by Gasteiger charge is -2.28. The molecule has 2 aliphatic heterocycles. The second-order valence-electron chi connectivity index (χ2n) is 16.5. The molecule has 6 bridgehead atoms. The highest BCUT2D eigenvalue weighted by atomic mass is 16.5. The summed E-state index contributed by atoms with van der Waals surface area (Å²) in [4.78, 5) is 13.7. The highest BCUT2D eigenvalue weighted by molar-refractivity contribution is 6.00. The maximum absolute atomic E-state index is 13.7. The zero-order chi connectivity index (χ0) is 42.2. The van der Waals surface area contributed by atoms with Gasteiger partial charge in [0.15, 0.2) is 11.5 Å². The standard InChI is InChI=1S/C51H57NO8/c1-32-13-19-44-47-31-60-50-23-35(15-20-49(50)58-3)14-17-41(56)27-42(59-21-7-12-43-46(26-38(47)30-53)51(44)45(32)28-48(43)57)25-37-24-40(55)18-16-36(37)10-5-4-8-34-9-6-11-39(22-34)52-29-33(2)54/h6,9,11,13,15-16,18-20,22-24,26,28,32-33,36-37,42,52-55,57H,4-5,8,10,12,14,17,25,27,29-31H2,1-3H3. The molecule has 0 saturated heterocycles. The van der Waals surface area contributed by atoms with E-state index in [0.717, 1.165) is 64.4 Å². The summed E-state index contributed by atoms with van der Waals surface area (Å²) < 4.78 is 18.4.